The summed E-state index contributed by atoms with van der Waals surface area (Å²) in [7, 11) is 8.57. The van der Waals surface area contributed by atoms with E-state index in [1.807, 2.05) is 237 Å². The minimum atomic E-state index is -2.49. The number of aliphatic carboxylic acids is 1. The minimum Gasteiger partial charge on any atom is -0.497 e. The van der Waals surface area contributed by atoms with Crippen molar-refractivity contribution in [3.63, 3.8) is 0 Å². The second-order valence-electron chi connectivity index (χ2n) is 37.6. The van der Waals surface area contributed by atoms with E-state index in [0.717, 1.165) is 68.3 Å². The van der Waals surface area contributed by atoms with Crippen LogP contribution in [0.4, 0.5) is 26.3 Å². The number of carboxylic acids is 1. The van der Waals surface area contributed by atoms with E-state index in [-0.39, 0.29) is 96.9 Å². The number of carbonyl (C=O) groups is 4. The van der Waals surface area contributed by atoms with Gasteiger partial charge in [0.15, 0.2) is 8.32 Å². The molecular weight excluding hydrogens is 1920 g/mol. The average molecular weight is 2050 g/mol. The first-order valence-electron chi connectivity index (χ1n) is 47.9. The predicted molar refractivity (Wildman–Crippen MR) is 548 cm³/mol. The van der Waals surface area contributed by atoms with Crippen molar-refractivity contribution in [1.82, 2.24) is 5.32 Å². The molecule has 3 N–H and O–H groups in total. The molecule has 12 aromatic carbocycles. The Bertz CT molecular complexity index is 6200. The zero-order chi connectivity index (χ0) is 104. The van der Waals surface area contributed by atoms with Crippen LogP contribution in [-0.2, 0) is 78.3 Å². The van der Waals surface area contributed by atoms with Crippen LogP contribution in [0.25, 0.3) is 0 Å². The third-order valence-corrected chi connectivity index (χ3v) is 32.0. The number of ether oxygens (including phenoxy) is 14. The number of carbonyl (C=O) groups excluding carboxylic acids is 3. The molecule has 0 aliphatic carbocycles. The number of benzene rings is 12. The SMILES string of the molecule is CNC(=O)CCC(=O)O[C@@H]1C(C)[C@H](c2cc(C)c(F)cc2F)O[C@@H]1COC(c1ccccc1)(c1ccc(OC)cc1)c1ccc(OC)cc1.COc1ccc(C(OC[C@H]2O[C@@H](c3cc(C)c(F)cc3F)C(C)[C@H]2OC(=O)CCC(=O)O)(c2ccccc2)c2ccc(OC)cc2)cc1.COc1ccc(C(OC[C@H]2O[C@@H](c3cc(C)c(F)cc3F)C(O[Si](C)(C)C(C)(C)C)[C@H]2O)(c2ccccc2)c2ccc(OC)cc2)cc1.S. The number of amides is 1. The van der Waals surface area contributed by atoms with Crippen LogP contribution in [0.15, 0.2) is 273 Å². The number of rotatable bonds is 37. The van der Waals surface area contributed by atoms with E-state index < -0.39 is 157 Å². The van der Waals surface area contributed by atoms with Crippen molar-refractivity contribution in [2.24, 2.45) is 11.8 Å². The molecule has 12 atom stereocenters. The molecule has 15 rings (SSSR count). The molecule has 0 spiro atoms. The van der Waals surface area contributed by atoms with Crippen LogP contribution in [0.2, 0.25) is 18.1 Å². The van der Waals surface area contributed by atoms with E-state index in [1.165, 1.54) is 32.2 Å². The Hall–Kier alpha value is -12.9. The van der Waals surface area contributed by atoms with Crippen molar-refractivity contribution >= 4 is 45.6 Å². The predicted octanol–water partition coefficient (Wildman–Crippen LogP) is 22.6. The molecule has 12 aromatic rings. The normalized spacial score (nSPS) is 19.3. The van der Waals surface area contributed by atoms with Gasteiger partial charge in [0.1, 0.15) is 135 Å². The monoisotopic (exact) mass is 2040 g/mol. The number of hydrogen-bond donors (Lipinski definition) is 3. The molecule has 3 aliphatic heterocycles. The fraction of sp³-hybridized carbons (Fsp3) is 0.345. The van der Waals surface area contributed by atoms with E-state index in [1.54, 1.807) is 70.4 Å². The lowest BCUT2D eigenvalue weighted by Gasteiger charge is -2.40. The lowest BCUT2D eigenvalue weighted by Crippen LogP contribution is -2.48. The molecule has 3 heterocycles. The van der Waals surface area contributed by atoms with Crippen molar-refractivity contribution in [2.45, 2.75) is 177 Å². The molecule has 774 valence electrons. The van der Waals surface area contributed by atoms with Gasteiger partial charge in [-0.15, -0.1) is 0 Å². The van der Waals surface area contributed by atoms with Gasteiger partial charge in [-0.3, -0.25) is 19.2 Å². The van der Waals surface area contributed by atoms with Crippen molar-refractivity contribution in [1.29, 1.82) is 0 Å². The van der Waals surface area contributed by atoms with Gasteiger partial charge >= 0.3 is 17.9 Å². The summed E-state index contributed by atoms with van der Waals surface area (Å²) in [4.78, 5) is 48.9. The molecular formula is C116H127F6NO21SSi. The minimum absolute atomic E-state index is 0. The highest BCUT2D eigenvalue weighted by molar-refractivity contribution is 7.59. The maximum atomic E-state index is 15.4. The molecule has 0 radical (unpaired) electrons. The molecule has 1 amide bonds. The van der Waals surface area contributed by atoms with Gasteiger partial charge < -0.3 is 86.3 Å². The van der Waals surface area contributed by atoms with Crippen LogP contribution in [0.1, 0.15) is 162 Å². The Morgan fingerprint density at radius 3 is 0.870 bits per heavy atom. The Kier molecular flexibility index (Phi) is 38.0. The summed E-state index contributed by atoms with van der Waals surface area (Å²) in [5.74, 6) is -4.25. The third-order valence-electron chi connectivity index (χ3n) is 27.5. The number of halogens is 6. The molecule has 3 unspecified atom stereocenters. The number of aliphatic hydroxyl groups excluding tert-OH is 1. The zero-order valence-electron chi connectivity index (χ0n) is 84.8. The quantitative estimate of drug-likeness (QED) is 0.0141. The van der Waals surface area contributed by atoms with E-state index >= 15 is 13.2 Å². The van der Waals surface area contributed by atoms with Crippen molar-refractivity contribution in [3.05, 3.63) is 391 Å². The number of carboxylic acid groups (broad SMARTS) is 1. The number of esters is 2. The van der Waals surface area contributed by atoms with Crippen LogP contribution in [0.3, 0.4) is 0 Å². The number of nitrogens with one attached hydrogen (secondary N) is 1. The van der Waals surface area contributed by atoms with E-state index in [0.29, 0.717) is 34.5 Å². The van der Waals surface area contributed by atoms with E-state index in [9.17, 15) is 37.5 Å². The molecule has 0 saturated carbocycles. The number of aliphatic hydroxyl groups is 1. The Morgan fingerprint density at radius 1 is 0.356 bits per heavy atom. The van der Waals surface area contributed by atoms with Crippen molar-refractivity contribution in [3.8, 4) is 34.5 Å². The number of aryl methyl sites for hydroxylation is 3. The number of methoxy groups -OCH3 is 6. The summed E-state index contributed by atoms with van der Waals surface area (Å²) in [6.07, 6.45) is -10.4. The number of hydrogen-bond acceptors (Lipinski definition) is 20. The topological polar surface area (TPSA) is 259 Å². The van der Waals surface area contributed by atoms with E-state index in [2.05, 4.69) is 39.2 Å². The first-order chi connectivity index (χ1) is 69.4. The molecule has 3 saturated heterocycles. The first-order valence-corrected chi connectivity index (χ1v) is 50.8. The summed E-state index contributed by atoms with van der Waals surface area (Å²) >= 11 is 0. The van der Waals surface area contributed by atoms with Gasteiger partial charge in [0.25, 0.3) is 0 Å². The maximum Gasteiger partial charge on any atom is 0.306 e. The molecule has 0 aromatic heterocycles. The Balaban J connectivity index is 0.000000194. The summed E-state index contributed by atoms with van der Waals surface area (Å²) < 4.78 is 180. The maximum absolute atomic E-state index is 15.4. The van der Waals surface area contributed by atoms with Crippen molar-refractivity contribution < 1.29 is 126 Å². The van der Waals surface area contributed by atoms with Gasteiger partial charge in [0.2, 0.25) is 5.91 Å². The second-order valence-corrected chi connectivity index (χ2v) is 42.4. The largest absolute Gasteiger partial charge is 0.497 e. The van der Waals surface area contributed by atoms with Crippen LogP contribution in [0.5, 0.6) is 34.5 Å². The van der Waals surface area contributed by atoms with Gasteiger partial charge in [-0.25, -0.2) is 26.3 Å². The summed E-state index contributed by atoms with van der Waals surface area (Å²) in [5, 5.41) is 23.3. The molecule has 0 bridgehead atoms. The van der Waals surface area contributed by atoms with Crippen LogP contribution >= 0.6 is 13.5 Å². The lowest BCUT2D eigenvalue weighted by molar-refractivity contribution is -0.158. The third kappa shape index (κ3) is 25.2. The lowest BCUT2D eigenvalue weighted by atomic mass is 9.80. The van der Waals surface area contributed by atoms with Crippen LogP contribution in [-0.4, -0.2) is 155 Å². The smallest absolute Gasteiger partial charge is 0.306 e. The van der Waals surface area contributed by atoms with Gasteiger partial charge in [0, 0.05) is 60.2 Å². The molecule has 30 heteroatoms. The standard InChI is InChI=1S/C39H41F2NO7.C39H46F2O6Si.C38H38F2O8.H2S/c1-24-21-31(33(41)22-32(24)40)37-25(2)38(49-36(44)20-19-35(43)42-3)34(48-37)23-47-39(26-9-7-6-8-10-26,27-11-15-29(45-4)16-12-27)28-13-17-30(46-5)18-14-28;1-25-22-31(33(41)23-32(25)40)36-37(47-48(7,8)38(2,3)4)35(42)34(46-36)24-45-39(26-12-10-9-11-13-26,27-14-18-29(43-5)19-15-27)28-16-20-30(44-6)21-17-28;1-23-20-30(32(40)21-31(23)39)36-24(2)37(48-35(43)19-18-34(41)42)33(47-36)22-46-38(25-8-6-5-7-9-25,26-10-14-28(44-3)15-11-26)27-12-16-29(45-4)17-13-27;/h6-18,21-22,25,34,37-38H,19-20,23H2,1-5H3,(H,42,43);9-23,34-37,42H,24H2,1-8H3;5-17,20-21,24,33,36-37H,18-19,22H2,1-4H3,(H,41,42);1H2/t25?,34-,37-,38-;34-,35+,36+,37?;24?,33-,36-,37-;/m111./s1. The van der Waals surface area contributed by atoms with Gasteiger partial charge in [0.05, 0.1) is 93.9 Å². The highest BCUT2D eigenvalue weighted by Crippen LogP contribution is 2.52. The average Bonchev–Trinajstić information content (AvgIpc) is 1.10. The summed E-state index contributed by atoms with van der Waals surface area (Å²) in [6, 6.07) is 81.1. The summed E-state index contributed by atoms with van der Waals surface area (Å²) in [5.41, 5.74) is 4.77. The fourth-order valence-corrected chi connectivity index (χ4v) is 19.7. The van der Waals surface area contributed by atoms with Crippen molar-refractivity contribution in [2.75, 3.05) is 69.5 Å². The zero-order valence-corrected chi connectivity index (χ0v) is 86.8. The van der Waals surface area contributed by atoms with Crippen LogP contribution < -0.4 is 33.7 Å². The van der Waals surface area contributed by atoms with Gasteiger partial charge in [-0.05, 0) is 197 Å². The summed E-state index contributed by atoms with van der Waals surface area (Å²) in [6.45, 7) is 18.3. The Morgan fingerprint density at radius 2 is 0.610 bits per heavy atom. The molecule has 3 fully saturated rings. The first kappa shape index (κ1) is 112. The molecule has 146 heavy (non-hydrogen) atoms. The molecule has 3 aliphatic rings. The van der Waals surface area contributed by atoms with Gasteiger partial charge in [-0.2, -0.15) is 13.5 Å². The Labute approximate surface area is 856 Å². The fourth-order valence-electron chi connectivity index (χ4n) is 18.4. The van der Waals surface area contributed by atoms with Gasteiger partial charge in [-0.1, -0.05) is 198 Å². The van der Waals surface area contributed by atoms with E-state index in [4.69, 9.17) is 75.8 Å². The van der Waals surface area contributed by atoms with Crippen LogP contribution in [0, 0.1) is 67.5 Å². The second kappa shape index (κ2) is 49.6. The highest BCUT2D eigenvalue weighted by Gasteiger charge is 2.55. The highest BCUT2D eigenvalue weighted by atomic mass is 32.1. The molecule has 22 nitrogen and oxygen atoms in total.